The summed E-state index contributed by atoms with van der Waals surface area (Å²) in [6.45, 7) is 10.5. The van der Waals surface area contributed by atoms with Crippen molar-refractivity contribution in [3.8, 4) is 0 Å². The first kappa shape index (κ1) is 16.8. The van der Waals surface area contributed by atoms with Crippen LogP contribution in [0.25, 0.3) is 0 Å². The number of carbonyl (C=O) groups excluding carboxylic acids is 1. The first-order valence-corrected chi connectivity index (χ1v) is 8.45. The van der Waals surface area contributed by atoms with E-state index >= 15 is 0 Å². The zero-order valence-corrected chi connectivity index (χ0v) is 14.4. The molecule has 0 aromatic rings. The van der Waals surface area contributed by atoms with Gasteiger partial charge in [-0.25, -0.2) is 0 Å². The highest BCUT2D eigenvalue weighted by molar-refractivity contribution is 5.73. The van der Waals surface area contributed by atoms with E-state index in [-0.39, 0.29) is 23.0 Å². The summed E-state index contributed by atoms with van der Waals surface area (Å²) in [7, 11) is 0. The van der Waals surface area contributed by atoms with Crippen LogP contribution in [0, 0.1) is 0 Å². The van der Waals surface area contributed by atoms with Gasteiger partial charge in [0.05, 0.1) is 6.10 Å². The number of nitrogens with one attached hydrogen (secondary N) is 1. The number of hydrogen-bond acceptors (Lipinski definition) is 3. The summed E-state index contributed by atoms with van der Waals surface area (Å²) in [5, 5.41) is 5.33. The Balaban J connectivity index is 2.07. The first-order valence-electron chi connectivity index (χ1n) is 8.45. The van der Waals surface area contributed by atoms with E-state index in [1.807, 2.05) is 0 Å². The molecule has 2 aliphatic rings. The number of rotatable bonds is 3. The fourth-order valence-electron chi connectivity index (χ4n) is 4.26. The molecule has 21 heavy (non-hydrogen) atoms. The van der Waals surface area contributed by atoms with Gasteiger partial charge in [-0.3, -0.25) is 9.63 Å². The molecule has 4 nitrogen and oxygen atoms in total. The summed E-state index contributed by atoms with van der Waals surface area (Å²) < 4.78 is 0. The molecular weight excluding hydrogens is 264 g/mol. The monoisotopic (exact) mass is 296 g/mol. The van der Waals surface area contributed by atoms with E-state index in [9.17, 15) is 4.79 Å². The highest BCUT2D eigenvalue weighted by Crippen LogP contribution is 2.40. The van der Waals surface area contributed by atoms with Crippen LogP contribution in [0.3, 0.4) is 0 Å². The molecule has 0 atom stereocenters. The van der Waals surface area contributed by atoms with Crippen LogP contribution in [-0.4, -0.2) is 34.2 Å². The van der Waals surface area contributed by atoms with Crippen molar-refractivity contribution in [1.29, 1.82) is 0 Å². The quantitative estimate of drug-likeness (QED) is 0.868. The van der Waals surface area contributed by atoms with Crippen LogP contribution < -0.4 is 5.32 Å². The molecule has 0 unspecified atom stereocenters. The van der Waals surface area contributed by atoms with Crippen LogP contribution in [0.4, 0.5) is 0 Å². The average molecular weight is 296 g/mol. The Bertz CT molecular complexity index is 355. The summed E-state index contributed by atoms with van der Waals surface area (Å²) in [4.78, 5) is 17.8. The third-order valence-corrected chi connectivity index (χ3v) is 4.81. The smallest absolute Gasteiger partial charge is 0.217 e. The van der Waals surface area contributed by atoms with Crippen molar-refractivity contribution < 1.29 is 9.63 Å². The fraction of sp³-hybridized carbons (Fsp3) is 0.941. The van der Waals surface area contributed by atoms with E-state index in [0.29, 0.717) is 6.10 Å². The molecule has 0 bridgehead atoms. The lowest BCUT2D eigenvalue weighted by Crippen LogP contribution is -2.64. The minimum atomic E-state index is -0.0632. The van der Waals surface area contributed by atoms with Crippen molar-refractivity contribution in [2.45, 2.75) is 103 Å². The largest absolute Gasteiger partial charge is 0.353 e. The molecule has 1 amide bonds. The summed E-state index contributed by atoms with van der Waals surface area (Å²) in [5.41, 5.74) is -0.126. The molecule has 1 saturated carbocycles. The third kappa shape index (κ3) is 4.19. The molecule has 1 aliphatic heterocycles. The van der Waals surface area contributed by atoms with Crippen LogP contribution in [0.1, 0.15) is 79.6 Å². The van der Waals surface area contributed by atoms with Crippen molar-refractivity contribution in [2.24, 2.45) is 0 Å². The fourth-order valence-corrected chi connectivity index (χ4v) is 4.26. The molecule has 2 rings (SSSR count). The third-order valence-electron chi connectivity index (χ3n) is 4.81. The number of carbonyl (C=O) groups is 1. The van der Waals surface area contributed by atoms with Gasteiger partial charge < -0.3 is 5.32 Å². The lowest BCUT2D eigenvalue weighted by molar-refractivity contribution is -0.310. The minimum Gasteiger partial charge on any atom is -0.353 e. The molecule has 1 N–H and O–H groups in total. The van der Waals surface area contributed by atoms with Crippen molar-refractivity contribution in [3.05, 3.63) is 0 Å². The lowest BCUT2D eigenvalue weighted by atomic mass is 9.79. The van der Waals surface area contributed by atoms with E-state index < -0.39 is 0 Å². The van der Waals surface area contributed by atoms with Crippen LogP contribution >= 0.6 is 0 Å². The Morgan fingerprint density at radius 2 is 1.57 bits per heavy atom. The number of nitrogens with zero attached hydrogens (tertiary/aromatic N) is 1. The zero-order chi connectivity index (χ0) is 15.7. The van der Waals surface area contributed by atoms with Crippen LogP contribution in [0.2, 0.25) is 0 Å². The zero-order valence-electron chi connectivity index (χ0n) is 14.4. The summed E-state index contributed by atoms with van der Waals surface area (Å²) >= 11 is 0. The maximum Gasteiger partial charge on any atom is 0.217 e. The molecule has 0 aromatic carbocycles. The van der Waals surface area contributed by atoms with Crippen LogP contribution in [0.15, 0.2) is 0 Å². The number of hydroxylamine groups is 2. The van der Waals surface area contributed by atoms with Gasteiger partial charge in [-0.2, -0.15) is 5.06 Å². The Morgan fingerprint density at radius 3 is 2.05 bits per heavy atom. The van der Waals surface area contributed by atoms with Gasteiger partial charge in [0.2, 0.25) is 5.91 Å². The number of amides is 1. The number of piperidine rings is 1. The molecule has 1 heterocycles. The highest BCUT2D eigenvalue weighted by Gasteiger charge is 2.47. The maximum absolute atomic E-state index is 11.4. The van der Waals surface area contributed by atoms with E-state index in [1.165, 1.54) is 32.1 Å². The van der Waals surface area contributed by atoms with Gasteiger partial charge in [-0.05, 0) is 53.4 Å². The van der Waals surface area contributed by atoms with E-state index in [0.717, 1.165) is 12.8 Å². The second-order valence-corrected chi connectivity index (χ2v) is 8.09. The van der Waals surface area contributed by atoms with Crippen molar-refractivity contribution in [3.63, 3.8) is 0 Å². The molecule has 0 aromatic heterocycles. The molecule has 1 saturated heterocycles. The van der Waals surface area contributed by atoms with E-state index in [2.05, 4.69) is 38.1 Å². The van der Waals surface area contributed by atoms with Gasteiger partial charge in [0.1, 0.15) is 0 Å². The van der Waals surface area contributed by atoms with Gasteiger partial charge in [-0.15, -0.1) is 0 Å². The summed E-state index contributed by atoms with van der Waals surface area (Å²) in [5.74, 6) is 0.0632. The minimum absolute atomic E-state index is 0.0632. The van der Waals surface area contributed by atoms with Crippen molar-refractivity contribution >= 4 is 5.91 Å². The van der Waals surface area contributed by atoms with Crippen LogP contribution in [-0.2, 0) is 9.63 Å². The Labute approximate surface area is 129 Å². The maximum atomic E-state index is 11.4. The van der Waals surface area contributed by atoms with E-state index in [1.54, 1.807) is 6.92 Å². The summed E-state index contributed by atoms with van der Waals surface area (Å²) in [6.07, 6.45) is 8.51. The van der Waals surface area contributed by atoms with Gasteiger partial charge in [0.15, 0.2) is 0 Å². The molecule has 0 spiro atoms. The Morgan fingerprint density at radius 1 is 1.05 bits per heavy atom. The van der Waals surface area contributed by atoms with Gasteiger partial charge in [-0.1, -0.05) is 19.3 Å². The van der Waals surface area contributed by atoms with Crippen LogP contribution in [0.5, 0.6) is 0 Å². The molecule has 2 fully saturated rings. The Kier molecular flexibility index (Phi) is 4.99. The molecule has 0 radical (unpaired) electrons. The second-order valence-electron chi connectivity index (χ2n) is 8.09. The SMILES string of the molecule is CC(=O)NC1CC(C)(C)N(OC2CCCCC2)C(C)(C)C1. The van der Waals surface area contributed by atoms with Gasteiger partial charge >= 0.3 is 0 Å². The van der Waals surface area contributed by atoms with Gasteiger partial charge in [0, 0.05) is 24.0 Å². The molecular formula is C17H32N2O2. The summed E-state index contributed by atoms with van der Waals surface area (Å²) in [6, 6.07) is 0.235. The first-order chi connectivity index (χ1) is 9.71. The molecule has 122 valence electrons. The molecule has 4 heteroatoms. The average Bonchev–Trinajstić information content (AvgIpc) is 2.33. The number of hydrogen-bond donors (Lipinski definition) is 1. The van der Waals surface area contributed by atoms with Gasteiger partial charge in [0.25, 0.3) is 0 Å². The predicted octanol–water partition coefficient (Wildman–Crippen LogP) is 3.41. The van der Waals surface area contributed by atoms with Crippen molar-refractivity contribution in [2.75, 3.05) is 0 Å². The predicted molar refractivity (Wildman–Crippen MR) is 84.8 cm³/mol. The normalized spacial score (nSPS) is 27.5. The molecule has 1 aliphatic carbocycles. The van der Waals surface area contributed by atoms with Crippen molar-refractivity contribution in [1.82, 2.24) is 10.4 Å². The lowest BCUT2D eigenvalue weighted by Gasteiger charge is -2.55. The topological polar surface area (TPSA) is 41.6 Å². The Hall–Kier alpha value is -0.610. The highest BCUT2D eigenvalue weighted by atomic mass is 16.7. The second kappa shape index (κ2) is 6.25. The standard InChI is InChI=1S/C17H32N2O2/c1-13(20)18-14-11-16(2,3)19(17(4,5)12-14)21-15-9-7-6-8-10-15/h14-15H,6-12H2,1-5H3,(H,18,20). The van der Waals surface area contributed by atoms with E-state index in [4.69, 9.17) is 4.84 Å².